The van der Waals surface area contributed by atoms with Gasteiger partial charge in [0.25, 0.3) is 0 Å². The third kappa shape index (κ3) is 6.80. The smallest absolute Gasteiger partial charge is 0.303 e. The molecule has 16 heavy (non-hydrogen) atoms. The Morgan fingerprint density at radius 3 is 2.38 bits per heavy atom. The lowest BCUT2D eigenvalue weighted by Crippen LogP contribution is -2.37. The van der Waals surface area contributed by atoms with Crippen molar-refractivity contribution in [2.45, 2.75) is 46.6 Å². The van der Waals surface area contributed by atoms with Gasteiger partial charge < -0.3 is 15.5 Å². The lowest BCUT2D eigenvalue weighted by atomic mass is 9.81. The molecular weight excluding hydrogens is 206 g/mol. The summed E-state index contributed by atoms with van der Waals surface area (Å²) < 4.78 is 0. The Balaban J connectivity index is 3.69. The molecule has 1 unspecified atom stereocenters. The second kappa shape index (κ2) is 6.86. The van der Waals surface area contributed by atoms with E-state index in [0.29, 0.717) is 18.9 Å². The Bertz CT molecular complexity index is 214. The molecule has 0 fully saturated rings. The summed E-state index contributed by atoms with van der Waals surface area (Å²) in [6, 6.07) is 0. The highest BCUT2D eigenvalue weighted by molar-refractivity contribution is 5.66. The third-order valence-electron chi connectivity index (χ3n) is 3.21. The average molecular weight is 231 g/mol. The number of carboxylic acid groups (broad SMARTS) is 1. The monoisotopic (exact) mass is 231 g/mol. The van der Waals surface area contributed by atoms with Gasteiger partial charge in [-0.15, -0.1) is 0 Å². The van der Waals surface area contributed by atoms with E-state index >= 15 is 0 Å². The number of aliphatic hydroxyl groups excluding tert-OH is 1. The topological polar surface area (TPSA) is 69.6 Å². The van der Waals surface area contributed by atoms with E-state index in [-0.39, 0.29) is 11.8 Å². The van der Waals surface area contributed by atoms with Crippen molar-refractivity contribution in [1.82, 2.24) is 5.32 Å². The van der Waals surface area contributed by atoms with Crippen LogP contribution in [0.4, 0.5) is 0 Å². The molecule has 0 spiro atoms. The summed E-state index contributed by atoms with van der Waals surface area (Å²) in [7, 11) is 0. The quantitative estimate of drug-likeness (QED) is 0.592. The van der Waals surface area contributed by atoms with Crippen LogP contribution in [0.15, 0.2) is 0 Å². The fourth-order valence-corrected chi connectivity index (χ4v) is 1.16. The van der Waals surface area contributed by atoms with E-state index in [1.54, 1.807) is 0 Å². The Hall–Kier alpha value is -0.610. The zero-order valence-corrected chi connectivity index (χ0v) is 10.8. The molecule has 96 valence electrons. The van der Waals surface area contributed by atoms with Crippen molar-refractivity contribution < 1.29 is 15.0 Å². The maximum absolute atomic E-state index is 10.3. The first-order valence-electron chi connectivity index (χ1n) is 5.86. The average Bonchev–Trinajstić information content (AvgIpc) is 2.14. The van der Waals surface area contributed by atoms with Gasteiger partial charge in [-0.25, -0.2) is 0 Å². The maximum atomic E-state index is 10.3. The van der Waals surface area contributed by atoms with E-state index in [2.05, 4.69) is 33.0 Å². The molecule has 0 saturated heterocycles. The molecular formula is C12H25NO3. The molecule has 0 aliphatic rings. The lowest BCUT2D eigenvalue weighted by molar-refractivity contribution is -0.137. The van der Waals surface area contributed by atoms with Crippen LogP contribution in [-0.2, 0) is 4.79 Å². The molecule has 0 aromatic carbocycles. The Labute approximate surface area is 98.1 Å². The van der Waals surface area contributed by atoms with Gasteiger partial charge in [0, 0.05) is 19.5 Å². The number of rotatable bonds is 8. The van der Waals surface area contributed by atoms with Crippen molar-refractivity contribution in [2.24, 2.45) is 11.3 Å². The van der Waals surface area contributed by atoms with E-state index in [1.807, 2.05) is 0 Å². The van der Waals surface area contributed by atoms with Crippen LogP contribution in [0.5, 0.6) is 0 Å². The summed E-state index contributed by atoms with van der Waals surface area (Å²) >= 11 is 0. The van der Waals surface area contributed by atoms with Crippen LogP contribution in [0.3, 0.4) is 0 Å². The second-order valence-corrected chi connectivity index (χ2v) is 5.36. The SMILES string of the molecule is CC(C)C(C)(C)CNCC(O)CCC(=O)O. The molecule has 0 rings (SSSR count). The molecule has 0 amide bonds. The number of hydrogen-bond donors (Lipinski definition) is 3. The van der Waals surface area contributed by atoms with Gasteiger partial charge in [0.2, 0.25) is 0 Å². The first-order chi connectivity index (χ1) is 7.25. The van der Waals surface area contributed by atoms with Crippen molar-refractivity contribution in [1.29, 1.82) is 0 Å². The van der Waals surface area contributed by atoms with Gasteiger partial charge in [-0.2, -0.15) is 0 Å². The van der Waals surface area contributed by atoms with Crippen LogP contribution in [0.25, 0.3) is 0 Å². The number of aliphatic carboxylic acids is 1. The highest BCUT2D eigenvalue weighted by Crippen LogP contribution is 2.24. The number of carbonyl (C=O) groups is 1. The van der Waals surface area contributed by atoms with Gasteiger partial charge in [-0.05, 0) is 17.8 Å². The standard InChI is InChI=1S/C12H25NO3/c1-9(2)12(3,4)8-13-7-10(14)5-6-11(15)16/h9-10,13-14H,5-8H2,1-4H3,(H,15,16). The summed E-state index contributed by atoms with van der Waals surface area (Å²) in [6.07, 6.45) is -0.236. The summed E-state index contributed by atoms with van der Waals surface area (Å²) in [6.45, 7) is 9.98. The summed E-state index contributed by atoms with van der Waals surface area (Å²) in [4.78, 5) is 10.3. The molecule has 0 aliphatic heterocycles. The van der Waals surface area contributed by atoms with E-state index < -0.39 is 12.1 Å². The van der Waals surface area contributed by atoms with Gasteiger partial charge in [-0.3, -0.25) is 4.79 Å². The Morgan fingerprint density at radius 2 is 1.94 bits per heavy atom. The molecule has 0 aromatic rings. The minimum atomic E-state index is -0.860. The van der Waals surface area contributed by atoms with Crippen LogP contribution in [0.2, 0.25) is 0 Å². The van der Waals surface area contributed by atoms with Crippen molar-refractivity contribution in [2.75, 3.05) is 13.1 Å². The van der Waals surface area contributed by atoms with E-state index in [9.17, 15) is 9.90 Å². The molecule has 4 nitrogen and oxygen atoms in total. The van der Waals surface area contributed by atoms with Gasteiger partial charge in [-0.1, -0.05) is 27.7 Å². The minimum Gasteiger partial charge on any atom is -0.481 e. The maximum Gasteiger partial charge on any atom is 0.303 e. The number of carboxylic acids is 1. The summed E-state index contributed by atoms with van der Waals surface area (Å²) in [5.74, 6) is -0.294. The molecule has 1 atom stereocenters. The third-order valence-corrected chi connectivity index (χ3v) is 3.21. The molecule has 4 heteroatoms. The molecule has 0 heterocycles. The molecule has 0 aliphatic carbocycles. The van der Waals surface area contributed by atoms with Crippen LogP contribution in [0.1, 0.15) is 40.5 Å². The van der Waals surface area contributed by atoms with Crippen molar-refractivity contribution in [3.8, 4) is 0 Å². The fourth-order valence-electron chi connectivity index (χ4n) is 1.16. The predicted octanol–water partition coefficient (Wildman–Crippen LogP) is 1.48. The fraction of sp³-hybridized carbons (Fsp3) is 0.917. The molecule has 0 saturated carbocycles. The number of nitrogens with one attached hydrogen (secondary N) is 1. The lowest BCUT2D eigenvalue weighted by Gasteiger charge is -2.30. The van der Waals surface area contributed by atoms with Crippen LogP contribution < -0.4 is 5.32 Å². The summed E-state index contributed by atoms with van der Waals surface area (Å²) in [5.41, 5.74) is 0.187. The highest BCUT2D eigenvalue weighted by atomic mass is 16.4. The molecule has 0 bridgehead atoms. The van der Waals surface area contributed by atoms with Gasteiger partial charge in [0.1, 0.15) is 0 Å². The van der Waals surface area contributed by atoms with Gasteiger partial charge >= 0.3 is 5.97 Å². The Kier molecular flexibility index (Phi) is 6.60. The first-order valence-corrected chi connectivity index (χ1v) is 5.86. The molecule has 0 radical (unpaired) electrons. The van der Waals surface area contributed by atoms with Crippen LogP contribution >= 0.6 is 0 Å². The first kappa shape index (κ1) is 15.4. The molecule has 0 aromatic heterocycles. The second-order valence-electron chi connectivity index (χ2n) is 5.36. The Morgan fingerprint density at radius 1 is 1.38 bits per heavy atom. The number of hydrogen-bond acceptors (Lipinski definition) is 3. The number of aliphatic hydroxyl groups is 1. The van der Waals surface area contributed by atoms with E-state index in [4.69, 9.17) is 5.11 Å². The largest absolute Gasteiger partial charge is 0.481 e. The van der Waals surface area contributed by atoms with E-state index in [1.165, 1.54) is 0 Å². The highest BCUT2D eigenvalue weighted by Gasteiger charge is 2.21. The molecule has 3 N–H and O–H groups in total. The van der Waals surface area contributed by atoms with Crippen molar-refractivity contribution in [3.63, 3.8) is 0 Å². The zero-order chi connectivity index (χ0) is 12.8. The van der Waals surface area contributed by atoms with Crippen LogP contribution in [0, 0.1) is 11.3 Å². The predicted molar refractivity (Wildman–Crippen MR) is 64.4 cm³/mol. The van der Waals surface area contributed by atoms with Crippen molar-refractivity contribution >= 4 is 5.97 Å². The van der Waals surface area contributed by atoms with Crippen LogP contribution in [-0.4, -0.2) is 35.4 Å². The van der Waals surface area contributed by atoms with Crippen molar-refractivity contribution in [3.05, 3.63) is 0 Å². The summed E-state index contributed by atoms with van der Waals surface area (Å²) in [5, 5.41) is 21.2. The van der Waals surface area contributed by atoms with Gasteiger partial charge in [0.05, 0.1) is 6.10 Å². The minimum absolute atomic E-state index is 0.0242. The van der Waals surface area contributed by atoms with Gasteiger partial charge in [0.15, 0.2) is 0 Å². The van der Waals surface area contributed by atoms with E-state index in [0.717, 1.165) is 6.54 Å². The zero-order valence-electron chi connectivity index (χ0n) is 10.8. The normalized spacial score (nSPS) is 14.1.